The van der Waals surface area contributed by atoms with Crippen molar-refractivity contribution in [3.63, 3.8) is 0 Å². The van der Waals surface area contributed by atoms with E-state index in [4.69, 9.17) is 9.47 Å². The van der Waals surface area contributed by atoms with Crippen LogP contribution in [0.1, 0.15) is 37.3 Å². The fraction of sp³-hybridized carbons (Fsp3) is 0.391. The first-order valence-electron chi connectivity index (χ1n) is 9.66. The van der Waals surface area contributed by atoms with E-state index in [2.05, 4.69) is 5.32 Å². The second kappa shape index (κ2) is 11.1. The van der Waals surface area contributed by atoms with E-state index in [1.165, 1.54) is 0 Å². The molecule has 0 saturated heterocycles. The van der Waals surface area contributed by atoms with Gasteiger partial charge in [0.15, 0.2) is 6.61 Å². The lowest BCUT2D eigenvalue weighted by atomic mass is 9.86. The van der Waals surface area contributed by atoms with Crippen LogP contribution in [0.15, 0.2) is 54.6 Å². The smallest absolute Gasteiger partial charge is 0.314 e. The highest BCUT2D eigenvalue weighted by molar-refractivity contribution is 5.83. The molecular weight excluding hydrogens is 354 g/mol. The van der Waals surface area contributed by atoms with Gasteiger partial charge in [-0.1, -0.05) is 62.7 Å². The van der Waals surface area contributed by atoms with Crippen molar-refractivity contribution in [2.24, 2.45) is 5.92 Å². The molecule has 0 saturated carbocycles. The number of nitrogens with one attached hydrogen (secondary N) is 1. The number of esters is 1. The third-order valence-corrected chi connectivity index (χ3v) is 4.87. The van der Waals surface area contributed by atoms with Gasteiger partial charge in [-0.05, 0) is 35.6 Å². The summed E-state index contributed by atoms with van der Waals surface area (Å²) in [7, 11) is 1.63. The van der Waals surface area contributed by atoms with Gasteiger partial charge in [-0.2, -0.15) is 0 Å². The van der Waals surface area contributed by atoms with Crippen LogP contribution in [0.25, 0.3) is 0 Å². The number of hydrogen-bond acceptors (Lipinski definition) is 4. The molecule has 0 bridgehead atoms. The van der Waals surface area contributed by atoms with Crippen LogP contribution < -0.4 is 10.1 Å². The van der Waals surface area contributed by atoms with Crippen molar-refractivity contribution in [1.29, 1.82) is 0 Å². The minimum Gasteiger partial charge on any atom is -0.497 e. The number of rotatable bonds is 10. The first-order chi connectivity index (χ1) is 13.5. The number of amides is 1. The number of carbonyl (C=O) groups excluding carboxylic acids is 2. The van der Waals surface area contributed by atoms with E-state index in [-0.39, 0.29) is 30.3 Å². The molecule has 5 nitrogen and oxygen atoms in total. The van der Waals surface area contributed by atoms with Gasteiger partial charge >= 0.3 is 5.97 Å². The Morgan fingerprint density at radius 1 is 1.04 bits per heavy atom. The molecule has 0 aromatic heterocycles. The van der Waals surface area contributed by atoms with Crippen LogP contribution in [0, 0.1) is 5.92 Å². The quantitative estimate of drug-likeness (QED) is 0.635. The molecule has 0 aliphatic heterocycles. The first kappa shape index (κ1) is 21.5. The Morgan fingerprint density at radius 3 is 2.32 bits per heavy atom. The lowest BCUT2D eigenvalue weighted by molar-refractivity contribution is -0.151. The van der Waals surface area contributed by atoms with Crippen LogP contribution in [0.3, 0.4) is 0 Å². The summed E-state index contributed by atoms with van der Waals surface area (Å²) >= 11 is 0. The van der Waals surface area contributed by atoms with Gasteiger partial charge in [-0.3, -0.25) is 9.59 Å². The molecule has 2 rings (SSSR count). The summed E-state index contributed by atoms with van der Waals surface area (Å²) in [6.45, 7) is 4.28. The molecular formula is C23H29NO4. The van der Waals surface area contributed by atoms with Crippen molar-refractivity contribution in [3.8, 4) is 5.75 Å². The van der Waals surface area contributed by atoms with Gasteiger partial charge in [0.05, 0.1) is 13.0 Å². The van der Waals surface area contributed by atoms with Gasteiger partial charge in [0, 0.05) is 6.54 Å². The fourth-order valence-electron chi connectivity index (χ4n) is 3.01. The van der Waals surface area contributed by atoms with Crippen LogP contribution in [-0.4, -0.2) is 32.1 Å². The first-order valence-corrected chi connectivity index (χ1v) is 9.66. The SMILES string of the molecule is CC[C@H](C)[C@@H](C(=O)OCC(=O)NCCc1ccc(OC)cc1)c1ccccc1. The molecule has 150 valence electrons. The number of carbonyl (C=O) groups is 2. The third-order valence-electron chi connectivity index (χ3n) is 4.87. The topological polar surface area (TPSA) is 64.6 Å². The molecule has 0 radical (unpaired) electrons. The second-order valence-electron chi connectivity index (χ2n) is 6.83. The van der Waals surface area contributed by atoms with Crippen LogP contribution in [-0.2, 0) is 20.7 Å². The van der Waals surface area contributed by atoms with Crippen molar-refractivity contribution in [3.05, 3.63) is 65.7 Å². The third kappa shape index (κ3) is 6.41. The zero-order valence-corrected chi connectivity index (χ0v) is 16.8. The summed E-state index contributed by atoms with van der Waals surface area (Å²) in [5.74, 6) is -0.0796. The Labute approximate surface area is 167 Å². The number of methoxy groups -OCH3 is 1. The van der Waals surface area contributed by atoms with Crippen molar-refractivity contribution in [2.45, 2.75) is 32.6 Å². The molecule has 1 N–H and O–H groups in total. The average Bonchev–Trinajstić information content (AvgIpc) is 2.73. The van der Waals surface area contributed by atoms with Gasteiger partial charge in [0.2, 0.25) is 0 Å². The zero-order valence-electron chi connectivity index (χ0n) is 16.8. The molecule has 0 heterocycles. The van der Waals surface area contributed by atoms with Crippen molar-refractivity contribution < 1.29 is 19.1 Å². The Kier molecular flexibility index (Phi) is 8.53. The van der Waals surface area contributed by atoms with E-state index >= 15 is 0 Å². The standard InChI is InChI=1S/C23H29NO4/c1-4-17(2)22(19-8-6-5-7-9-19)23(26)28-16-21(25)24-15-14-18-10-12-20(27-3)13-11-18/h5-13,17,22H,4,14-16H2,1-3H3,(H,24,25)/t17-,22+/m0/s1. The van der Waals surface area contributed by atoms with E-state index in [1.807, 2.05) is 68.4 Å². The molecule has 2 atom stereocenters. The van der Waals surface area contributed by atoms with Crippen molar-refractivity contribution in [2.75, 3.05) is 20.3 Å². The van der Waals surface area contributed by atoms with Gasteiger partial charge in [-0.15, -0.1) is 0 Å². The molecule has 5 heteroatoms. The summed E-state index contributed by atoms with van der Waals surface area (Å²) in [6, 6.07) is 17.3. The molecule has 0 aliphatic rings. The van der Waals surface area contributed by atoms with E-state index in [0.717, 1.165) is 23.3 Å². The average molecular weight is 383 g/mol. The Hall–Kier alpha value is -2.82. The van der Waals surface area contributed by atoms with Crippen molar-refractivity contribution >= 4 is 11.9 Å². The maximum atomic E-state index is 12.6. The molecule has 2 aromatic rings. The highest BCUT2D eigenvalue weighted by atomic mass is 16.5. The molecule has 0 spiro atoms. The van der Waals surface area contributed by atoms with Crippen molar-refractivity contribution in [1.82, 2.24) is 5.32 Å². The van der Waals surface area contributed by atoms with E-state index in [1.54, 1.807) is 7.11 Å². The Bertz CT molecular complexity index is 743. The van der Waals surface area contributed by atoms with Crippen LogP contribution >= 0.6 is 0 Å². The second-order valence-corrected chi connectivity index (χ2v) is 6.83. The summed E-state index contributed by atoms with van der Waals surface area (Å²) in [5.41, 5.74) is 2.01. The molecule has 0 fully saturated rings. The summed E-state index contributed by atoms with van der Waals surface area (Å²) in [6.07, 6.45) is 1.55. The van der Waals surface area contributed by atoms with Gasteiger partial charge in [0.1, 0.15) is 5.75 Å². The highest BCUT2D eigenvalue weighted by Crippen LogP contribution is 2.28. The Morgan fingerprint density at radius 2 is 1.71 bits per heavy atom. The maximum Gasteiger partial charge on any atom is 0.314 e. The lowest BCUT2D eigenvalue weighted by Crippen LogP contribution is -2.32. The Balaban J connectivity index is 1.80. The summed E-state index contributed by atoms with van der Waals surface area (Å²) in [5, 5.41) is 2.79. The van der Waals surface area contributed by atoms with Gasteiger partial charge < -0.3 is 14.8 Å². The molecule has 2 aromatic carbocycles. The van der Waals surface area contributed by atoms with E-state index in [9.17, 15) is 9.59 Å². The predicted octanol–water partition coefficient (Wildman–Crippen LogP) is 3.73. The van der Waals surface area contributed by atoms with Crippen LogP contribution in [0.5, 0.6) is 5.75 Å². The summed E-state index contributed by atoms with van der Waals surface area (Å²) < 4.78 is 10.4. The number of benzene rings is 2. The minimum atomic E-state index is -0.363. The predicted molar refractivity (Wildman–Crippen MR) is 109 cm³/mol. The number of hydrogen-bond donors (Lipinski definition) is 1. The monoisotopic (exact) mass is 383 g/mol. The van der Waals surface area contributed by atoms with Gasteiger partial charge in [0.25, 0.3) is 5.91 Å². The molecule has 0 aliphatic carbocycles. The number of ether oxygens (including phenoxy) is 2. The molecule has 1 amide bonds. The highest BCUT2D eigenvalue weighted by Gasteiger charge is 2.27. The minimum absolute atomic E-state index is 0.132. The van der Waals surface area contributed by atoms with Gasteiger partial charge in [-0.25, -0.2) is 0 Å². The maximum absolute atomic E-state index is 12.6. The molecule has 28 heavy (non-hydrogen) atoms. The normalized spacial score (nSPS) is 12.7. The fourth-order valence-corrected chi connectivity index (χ4v) is 3.01. The van der Waals surface area contributed by atoms with E-state index < -0.39 is 0 Å². The summed E-state index contributed by atoms with van der Waals surface area (Å²) in [4.78, 5) is 24.6. The molecule has 0 unspecified atom stereocenters. The largest absolute Gasteiger partial charge is 0.497 e. The zero-order chi connectivity index (χ0) is 20.4. The van der Waals surface area contributed by atoms with E-state index in [0.29, 0.717) is 13.0 Å². The van der Waals surface area contributed by atoms with Crippen LogP contribution in [0.2, 0.25) is 0 Å². The van der Waals surface area contributed by atoms with Crippen LogP contribution in [0.4, 0.5) is 0 Å². The lowest BCUT2D eigenvalue weighted by Gasteiger charge is -2.21.